The molecule has 0 aliphatic carbocycles. The van der Waals surface area contributed by atoms with Gasteiger partial charge in [0.25, 0.3) is 16.3 Å². The van der Waals surface area contributed by atoms with Gasteiger partial charge in [-0.2, -0.15) is 22.9 Å². The van der Waals surface area contributed by atoms with Crippen molar-refractivity contribution < 1.29 is 54.9 Å². The molecule has 3 heterocycles. The first-order valence-electron chi connectivity index (χ1n) is 13.8. The van der Waals surface area contributed by atoms with Crippen LogP contribution in [0.3, 0.4) is 0 Å². The van der Waals surface area contributed by atoms with Crippen molar-refractivity contribution in [3.8, 4) is 16.9 Å². The Hall–Kier alpha value is -5.07. The summed E-state index contributed by atoms with van der Waals surface area (Å²) in [6.45, 7) is 5.33. The fourth-order valence-corrected chi connectivity index (χ4v) is 5.18. The minimum absolute atomic E-state index is 0.130. The molecule has 1 N–H and O–H groups in total. The Balaban J connectivity index is 1.18. The molecule has 1 saturated heterocycles. The third-order valence-corrected chi connectivity index (χ3v) is 8.04. The normalized spacial score (nSPS) is 15.6. The maximum Gasteiger partial charge on any atom is 0.511 e. The third-order valence-electron chi connectivity index (χ3n) is 6.72. The van der Waals surface area contributed by atoms with Crippen molar-refractivity contribution in [2.24, 2.45) is 0 Å². The molecule has 1 amide bonds. The number of halogens is 3. The summed E-state index contributed by atoms with van der Waals surface area (Å²) in [6, 6.07) is 12.1. The highest BCUT2D eigenvalue weighted by Gasteiger charge is 2.38. The number of ether oxygens (including phenoxy) is 3. The number of aromatic nitrogens is 4. The molecule has 0 spiro atoms. The molecular formula is C27H29F3N6O9S. The maximum atomic E-state index is 13.5. The second-order valence-corrected chi connectivity index (χ2v) is 11.7. The van der Waals surface area contributed by atoms with Gasteiger partial charge in [-0.15, -0.1) is 0 Å². The molecule has 15 nitrogen and oxygen atoms in total. The highest BCUT2D eigenvalue weighted by molar-refractivity contribution is 7.90. The van der Waals surface area contributed by atoms with Crippen LogP contribution < -0.4 is 14.6 Å². The minimum Gasteiger partial charge on any atom is -0.447 e. The van der Waals surface area contributed by atoms with Crippen LogP contribution in [-0.4, -0.2) is 72.5 Å². The predicted octanol–water partition coefficient (Wildman–Crippen LogP) is 3.84. The molecule has 1 aliphatic rings. The van der Waals surface area contributed by atoms with Crippen molar-refractivity contribution in [3.63, 3.8) is 0 Å². The Bertz CT molecular complexity index is 1780. The van der Waals surface area contributed by atoms with E-state index in [4.69, 9.17) is 18.9 Å². The zero-order chi connectivity index (χ0) is 33.2. The zero-order valence-electron chi connectivity index (χ0n) is 24.6. The lowest BCUT2D eigenvalue weighted by atomic mass is 10.1. The van der Waals surface area contributed by atoms with Crippen molar-refractivity contribution >= 4 is 22.3 Å². The Labute approximate surface area is 259 Å². The largest absolute Gasteiger partial charge is 0.511 e. The van der Waals surface area contributed by atoms with E-state index in [1.54, 1.807) is 40.9 Å². The molecule has 1 fully saturated rings. The van der Waals surface area contributed by atoms with Crippen molar-refractivity contribution in [2.45, 2.75) is 50.6 Å². The van der Waals surface area contributed by atoms with E-state index in [0.29, 0.717) is 18.5 Å². The topological polar surface area (TPSA) is 161 Å². The molecule has 2 aromatic heterocycles. The van der Waals surface area contributed by atoms with Gasteiger partial charge in [0.2, 0.25) is 0 Å². The quantitative estimate of drug-likeness (QED) is 0.182. The Morgan fingerprint density at radius 1 is 1.11 bits per heavy atom. The van der Waals surface area contributed by atoms with Gasteiger partial charge < -0.3 is 19.0 Å². The van der Waals surface area contributed by atoms with E-state index in [2.05, 4.69) is 9.84 Å². The minimum atomic E-state index is -4.70. The van der Waals surface area contributed by atoms with E-state index in [9.17, 15) is 31.2 Å². The van der Waals surface area contributed by atoms with Crippen LogP contribution in [0.4, 0.5) is 22.8 Å². The number of rotatable bonds is 11. The van der Waals surface area contributed by atoms with Crippen molar-refractivity contribution in [2.75, 3.05) is 24.8 Å². The molecule has 46 heavy (non-hydrogen) atoms. The standard InChI is InChI=1S/C27H29F3N6O9S/c1-4-41-26(38)43-18(3)44-36-35(45-36)33-14-13-21(33)16-42-25(37)32-46(39,40)22-11-9-20(10-12-22)34-23(15-24(31-34)27(28,29)30)19-7-5-17(2)6-8-19/h5-12,15,18,21H,4,13-14,16H2,1-3H3,(H,32,37)/t18?,21-,35?,36?/m0/s1. The number of hydrogen-bond donors (Lipinski definition) is 1. The summed E-state index contributed by atoms with van der Waals surface area (Å²) in [6.07, 6.45) is -7.31. The Morgan fingerprint density at radius 2 is 1.80 bits per heavy atom. The van der Waals surface area contributed by atoms with Crippen LogP contribution >= 0.6 is 0 Å². The Morgan fingerprint density at radius 3 is 2.41 bits per heavy atom. The first-order chi connectivity index (χ1) is 21.7. The summed E-state index contributed by atoms with van der Waals surface area (Å²) in [5.41, 5.74) is 0.586. The van der Waals surface area contributed by atoms with Crippen LogP contribution in [-0.2, 0) is 30.4 Å². The van der Waals surface area contributed by atoms with E-state index in [1.165, 1.54) is 24.0 Å². The molecule has 4 aromatic rings. The highest BCUT2D eigenvalue weighted by Crippen LogP contribution is 2.33. The molecule has 0 radical (unpaired) electrons. The molecule has 248 valence electrons. The summed E-state index contributed by atoms with van der Waals surface area (Å²) in [4.78, 5) is 29.8. The van der Waals surface area contributed by atoms with Gasteiger partial charge in [-0.3, -0.25) is 5.01 Å². The molecule has 2 aromatic carbocycles. The van der Waals surface area contributed by atoms with Crippen LogP contribution in [0.2, 0.25) is 0 Å². The fourth-order valence-electron chi connectivity index (χ4n) is 4.29. The first-order valence-corrected chi connectivity index (χ1v) is 15.3. The summed E-state index contributed by atoms with van der Waals surface area (Å²) in [5, 5.41) is 6.25. The summed E-state index contributed by atoms with van der Waals surface area (Å²) in [7, 11) is -4.40. The lowest BCUT2D eigenvalue weighted by Gasteiger charge is -2.36. The summed E-state index contributed by atoms with van der Waals surface area (Å²) in [5.74, 6) is 0. The first kappa shape index (κ1) is 32.3. The smallest absolute Gasteiger partial charge is 0.447 e. The number of carbonyl (C=O) groups excluding carboxylic acids is 2. The van der Waals surface area contributed by atoms with Gasteiger partial charge in [-0.1, -0.05) is 29.8 Å². The molecule has 19 heteroatoms. The summed E-state index contributed by atoms with van der Waals surface area (Å²) >= 11 is 0. The number of benzene rings is 2. The third kappa shape index (κ3) is 7.41. The average Bonchev–Trinajstić information content (AvgIpc) is 3.52. The van der Waals surface area contributed by atoms with Gasteiger partial charge in [0.15, 0.2) is 5.69 Å². The van der Waals surface area contributed by atoms with Crippen molar-refractivity contribution in [1.29, 1.82) is 0 Å². The number of nitrogens with one attached hydrogen (secondary N) is 1. The number of hydrogen-bond acceptors (Lipinski definition) is 11. The van der Waals surface area contributed by atoms with Crippen LogP contribution in [0.15, 0.2) is 64.1 Å². The van der Waals surface area contributed by atoms with Gasteiger partial charge >= 0.3 is 18.4 Å². The molecule has 1 aliphatic heterocycles. The monoisotopic (exact) mass is 670 g/mol. The van der Waals surface area contributed by atoms with Gasteiger partial charge in [0.1, 0.15) is 11.6 Å². The van der Waals surface area contributed by atoms with Gasteiger partial charge in [-0.25, -0.2) is 27.4 Å². The zero-order valence-corrected chi connectivity index (χ0v) is 25.4. The van der Waals surface area contributed by atoms with E-state index >= 15 is 0 Å². The molecule has 1 unspecified atom stereocenters. The number of sulfonamides is 1. The number of carbonyl (C=O) groups is 2. The van der Waals surface area contributed by atoms with Crippen LogP contribution in [0, 0.1) is 6.92 Å². The molecule has 0 bridgehead atoms. The van der Waals surface area contributed by atoms with Gasteiger partial charge in [0, 0.05) is 19.0 Å². The average molecular weight is 671 g/mol. The number of amides is 1. The predicted molar refractivity (Wildman–Crippen MR) is 151 cm³/mol. The van der Waals surface area contributed by atoms with E-state index in [-0.39, 0.29) is 35.5 Å². The van der Waals surface area contributed by atoms with Crippen LogP contribution in [0.5, 0.6) is 0 Å². The van der Waals surface area contributed by atoms with E-state index in [0.717, 1.165) is 33.5 Å². The lowest BCUT2D eigenvalue weighted by Crippen LogP contribution is -2.56. The van der Waals surface area contributed by atoms with Crippen molar-refractivity contribution in [3.05, 3.63) is 65.9 Å². The maximum absolute atomic E-state index is 13.5. The van der Waals surface area contributed by atoms with Gasteiger partial charge in [-0.05, 0) is 50.6 Å². The van der Waals surface area contributed by atoms with Crippen LogP contribution in [0.25, 0.3) is 16.9 Å². The number of alkyl halides is 3. The second-order valence-electron chi connectivity index (χ2n) is 10.0. The fraction of sp³-hybridized carbons (Fsp3) is 0.370. The number of aryl methyl sites for hydroxylation is 1. The number of nitrogens with zero attached hydrogens (tertiary/aromatic N) is 5. The molecule has 2 atom stereocenters. The van der Waals surface area contributed by atoms with Crippen LogP contribution in [0.1, 0.15) is 31.5 Å². The molecule has 0 saturated carbocycles. The van der Waals surface area contributed by atoms with Gasteiger partial charge in [0.05, 0.1) is 33.9 Å². The Kier molecular flexibility index (Phi) is 8.95. The van der Waals surface area contributed by atoms with E-state index < -0.39 is 40.4 Å². The summed E-state index contributed by atoms with van der Waals surface area (Å²) < 4.78 is 88.7. The van der Waals surface area contributed by atoms with Crippen molar-refractivity contribution in [1.82, 2.24) is 24.5 Å². The second kappa shape index (κ2) is 12.7. The SMILES string of the molecule is CCOC(=O)OC(C)On1on1N1CC[C@H]1COC(=O)NS(=O)(=O)c1ccc(-n2nc(C(F)(F)F)cc2-c2ccc(C)cc2)cc1. The molecule has 5 rings (SSSR count). The highest BCUT2D eigenvalue weighted by atomic mass is 32.2. The van der Waals surface area contributed by atoms with E-state index in [1.807, 2.05) is 6.92 Å². The lowest BCUT2D eigenvalue weighted by molar-refractivity contribution is -0.141. The molecular weight excluding hydrogens is 641 g/mol.